The number of hydrogen-bond donors (Lipinski definition) is 2. The lowest BCUT2D eigenvalue weighted by molar-refractivity contribution is 1.12. The molecule has 0 unspecified atom stereocenters. The Bertz CT molecular complexity index is 2220. The van der Waals surface area contributed by atoms with Gasteiger partial charge in [0.2, 0.25) is 0 Å². The number of aromatic amines is 2. The molecule has 8 heteroatoms. The summed E-state index contributed by atoms with van der Waals surface area (Å²) in [5.41, 5.74) is 7.89. The summed E-state index contributed by atoms with van der Waals surface area (Å²) in [6, 6.07) is 16.0. The number of fused-ring (bicyclic) bond motifs is 17. The molecule has 0 saturated carbocycles. The first-order valence-electron chi connectivity index (χ1n) is 13.1. The van der Waals surface area contributed by atoms with Gasteiger partial charge < -0.3 is 9.97 Å². The van der Waals surface area contributed by atoms with Crippen molar-refractivity contribution in [1.82, 2.24) is 39.9 Å². The molecule has 8 rings (SSSR count). The molecule has 3 aliphatic rings. The normalized spacial score (nSPS) is 12.9. The van der Waals surface area contributed by atoms with E-state index in [0.29, 0.717) is 45.9 Å². The Kier molecular flexibility index (Phi) is 4.78. The van der Waals surface area contributed by atoms with E-state index in [9.17, 15) is 0 Å². The molecule has 40 heavy (non-hydrogen) atoms. The number of nitrogens with one attached hydrogen (secondary N) is 2. The first-order valence-corrected chi connectivity index (χ1v) is 13.1. The summed E-state index contributed by atoms with van der Waals surface area (Å²) in [7, 11) is 0. The Morgan fingerprint density at radius 1 is 0.500 bits per heavy atom. The van der Waals surface area contributed by atoms with E-state index >= 15 is 0 Å². The van der Waals surface area contributed by atoms with Gasteiger partial charge in [-0.1, -0.05) is 86.0 Å². The molecule has 0 fully saturated rings. The van der Waals surface area contributed by atoms with Gasteiger partial charge in [0.15, 0.2) is 23.3 Å². The molecule has 0 atom stereocenters. The third kappa shape index (κ3) is 3.26. The van der Waals surface area contributed by atoms with Crippen LogP contribution in [0.15, 0.2) is 61.7 Å². The highest BCUT2D eigenvalue weighted by Crippen LogP contribution is 2.36. The minimum atomic E-state index is 0.552. The highest BCUT2D eigenvalue weighted by atomic mass is 15.1. The standard InChI is InChI=1S/C32H22N8/c1-3-17-18(4-2)26-33-25(17)34-27-19-11-5-7-13-21(19)29(36-27)38-31-23-15-9-10-16-24(23)32(40-31)39-30-22-14-8-6-12-20(22)28(35-26)37-30/h3-5,7,9-16H,1-2,6,8H2,(H2,33,34,35,36,37,38,39,40). The largest absolute Gasteiger partial charge is 0.324 e. The maximum atomic E-state index is 5.03. The van der Waals surface area contributed by atoms with E-state index in [2.05, 4.69) is 35.3 Å². The molecule has 8 nitrogen and oxygen atoms in total. The van der Waals surface area contributed by atoms with Gasteiger partial charge in [0.05, 0.1) is 0 Å². The summed E-state index contributed by atoms with van der Waals surface area (Å²) in [6.45, 7) is 8.09. The van der Waals surface area contributed by atoms with E-state index in [1.807, 2.05) is 48.5 Å². The summed E-state index contributed by atoms with van der Waals surface area (Å²) in [6.07, 6.45) is 9.81. The van der Waals surface area contributed by atoms with Crippen molar-refractivity contribution in [2.45, 2.75) is 12.8 Å². The third-order valence-electron chi connectivity index (χ3n) is 7.46. The van der Waals surface area contributed by atoms with E-state index in [4.69, 9.17) is 29.9 Å². The Morgan fingerprint density at radius 2 is 0.875 bits per heavy atom. The molecule has 5 heterocycles. The van der Waals surface area contributed by atoms with Gasteiger partial charge in [-0.3, -0.25) is 0 Å². The first kappa shape index (κ1) is 22.5. The maximum Gasteiger partial charge on any atom is 0.164 e. The zero-order valence-corrected chi connectivity index (χ0v) is 21.4. The van der Waals surface area contributed by atoms with Crippen LogP contribution < -0.4 is 10.4 Å². The summed E-state index contributed by atoms with van der Waals surface area (Å²) in [4.78, 5) is 36.6. The molecule has 5 aromatic rings. The van der Waals surface area contributed by atoms with Crippen LogP contribution in [0.1, 0.15) is 24.0 Å². The van der Waals surface area contributed by atoms with E-state index in [1.54, 1.807) is 12.2 Å². The van der Waals surface area contributed by atoms with Crippen molar-refractivity contribution in [3.63, 3.8) is 0 Å². The molecule has 0 amide bonds. The Balaban J connectivity index is 1.60. The molecule has 1 aliphatic carbocycles. The van der Waals surface area contributed by atoms with Gasteiger partial charge in [0, 0.05) is 43.8 Å². The second-order valence-electron chi connectivity index (χ2n) is 9.75. The summed E-state index contributed by atoms with van der Waals surface area (Å²) in [5.74, 6) is 2.27. The predicted molar refractivity (Wildman–Crippen MR) is 159 cm³/mol. The second-order valence-corrected chi connectivity index (χ2v) is 9.75. The molecular weight excluding hydrogens is 496 g/mol. The van der Waals surface area contributed by atoms with Gasteiger partial charge in [-0.15, -0.1) is 0 Å². The van der Waals surface area contributed by atoms with Crippen LogP contribution in [0.25, 0.3) is 92.4 Å². The number of aromatic nitrogens is 8. The number of hydrogen-bond acceptors (Lipinski definition) is 6. The van der Waals surface area contributed by atoms with Gasteiger partial charge in [-0.25, -0.2) is 29.9 Å². The number of H-pyrrole nitrogens is 2. The highest BCUT2D eigenvalue weighted by Gasteiger charge is 2.23. The van der Waals surface area contributed by atoms with Crippen molar-refractivity contribution in [2.75, 3.05) is 0 Å². The molecule has 190 valence electrons. The Labute approximate surface area is 228 Å². The van der Waals surface area contributed by atoms with E-state index in [1.165, 1.54) is 0 Å². The van der Waals surface area contributed by atoms with Gasteiger partial charge in [0.25, 0.3) is 0 Å². The van der Waals surface area contributed by atoms with Gasteiger partial charge in [-0.2, -0.15) is 0 Å². The van der Waals surface area contributed by atoms with Crippen LogP contribution >= 0.6 is 0 Å². The Hall–Kier alpha value is -5.50. The smallest absolute Gasteiger partial charge is 0.164 e. The molecule has 3 aromatic heterocycles. The molecular formula is C32H22N8. The third-order valence-corrected chi connectivity index (χ3v) is 7.46. The molecule has 0 spiro atoms. The van der Waals surface area contributed by atoms with E-state index in [0.717, 1.165) is 56.7 Å². The predicted octanol–water partition coefficient (Wildman–Crippen LogP) is 5.20. The van der Waals surface area contributed by atoms with Crippen LogP contribution in [0, 0.1) is 0 Å². The molecule has 2 aromatic carbocycles. The van der Waals surface area contributed by atoms with Crippen LogP contribution in [-0.4, -0.2) is 39.9 Å². The summed E-state index contributed by atoms with van der Waals surface area (Å²) >= 11 is 0. The first-order chi connectivity index (χ1) is 19.7. The van der Waals surface area contributed by atoms with Crippen molar-refractivity contribution >= 4 is 46.9 Å². The zero-order valence-electron chi connectivity index (χ0n) is 21.4. The van der Waals surface area contributed by atoms with E-state index in [-0.39, 0.29) is 0 Å². The number of benzene rings is 2. The van der Waals surface area contributed by atoms with Crippen molar-refractivity contribution in [3.8, 4) is 45.6 Å². The number of nitrogens with zero attached hydrogens (tertiary/aromatic N) is 6. The van der Waals surface area contributed by atoms with Gasteiger partial charge >= 0.3 is 0 Å². The lowest BCUT2D eigenvalue weighted by Gasteiger charge is -1.98. The summed E-state index contributed by atoms with van der Waals surface area (Å²) < 4.78 is 0. The lowest BCUT2D eigenvalue weighted by atomic mass is 10.1. The number of rotatable bonds is 2. The van der Waals surface area contributed by atoms with Gasteiger partial charge in [0.1, 0.15) is 22.6 Å². The van der Waals surface area contributed by atoms with Crippen molar-refractivity contribution in [3.05, 3.63) is 83.3 Å². The monoisotopic (exact) mass is 518 g/mol. The zero-order chi connectivity index (χ0) is 26.8. The summed E-state index contributed by atoms with van der Waals surface area (Å²) in [5, 5.41) is 2.04. The topological polar surface area (TPSA) is 109 Å². The molecule has 2 aliphatic heterocycles. The molecule has 8 bridgehead atoms. The van der Waals surface area contributed by atoms with Crippen molar-refractivity contribution in [2.24, 2.45) is 0 Å². The molecule has 2 N–H and O–H groups in total. The lowest BCUT2D eigenvalue weighted by Crippen LogP contribution is -2.23. The Morgan fingerprint density at radius 3 is 1.35 bits per heavy atom. The highest BCUT2D eigenvalue weighted by molar-refractivity contribution is 5.88. The van der Waals surface area contributed by atoms with Crippen LogP contribution in [0.3, 0.4) is 0 Å². The van der Waals surface area contributed by atoms with Crippen molar-refractivity contribution in [1.29, 1.82) is 0 Å². The van der Waals surface area contributed by atoms with Crippen molar-refractivity contribution < 1.29 is 0 Å². The quantitative estimate of drug-likeness (QED) is 0.326. The second kappa shape index (κ2) is 8.51. The molecule has 0 radical (unpaired) electrons. The fraction of sp³-hybridized carbons (Fsp3) is 0.0625. The minimum Gasteiger partial charge on any atom is -0.324 e. The van der Waals surface area contributed by atoms with E-state index < -0.39 is 0 Å². The molecule has 0 saturated heterocycles. The van der Waals surface area contributed by atoms with Gasteiger partial charge in [-0.05, 0) is 12.8 Å². The average molecular weight is 519 g/mol. The fourth-order valence-electron chi connectivity index (χ4n) is 5.59. The van der Waals surface area contributed by atoms with Crippen LogP contribution in [0.4, 0.5) is 0 Å². The SMILES string of the molecule is C=Cc1c(C=C)c2nc3[nH]c(nc4nc(nc5nc(nc1[nH]2)-c1ccccc1-5)-c1ccccc1-4)c1c3=CCCC=1. The maximum absolute atomic E-state index is 5.03. The minimum absolute atomic E-state index is 0.552. The average Bonchev–Trinajstić information content (AvgIpc) is 3.71. The fourth-order valence-corrected chi connectivity index (χ4v) is 5.59. The van der Waals surface area contributed by atoms with Crippen LogP contribution in [0.5, 0.6) is 0 Å². The van der Waals surface area contributed by atoms with Crippen LogP contribution in [0.2, 0.25) is 0 Å². The van der Waals surface area contributed by atoms with Crippen LogP contribution in [-0.2, 0) is 0 Å².